The van der Waals surface area contributed by atoms with Gasteiger partial charge >= 0.3 is 0 Å². The summed E-state index contributed by atoms with van der Waals surface area (Å²) in [7, 11) is -3.58. The lowest BCUT2D eigenvalue weighted by atomic mass is 10.2. The number of thiophene rings is 1. The van der Waals surface area contributed by atoms with Gasteiger partial charge in [-0.2, -0.15) is 5.26 Å². The van der Waals surface area contributed by atoms with Crippen LogP contribution in [0.3, 0.4) is 0 Å². The van der Waals surface area contributed by atoms with Crippen molar-refractivity contribution in [3.63, 3.8) is 0 Å². The first-order chi connectivity index (χ1) is 11.3. The molecule has 2 N–H and O–H groups in total. The highest BCUT2D eigenvalue weighted by molar-refractivity contribution is 7.91. The SMILES string of the molecule is Cc1ccc(S(=O)(=O)NCCNc2ccc(C#N)cc2[N+](=O)[O-])s1. The Morgan fingerprint density at radius 3 is 2.62 bits per heavy atom. The number of hydrogen-bond donors (Lipinski definition) is 2. The summed E-state index contributed by atoms with van der Waals surface area (Å²) in [5.74, 6) is 0. The topological polar surface area (TPSA) is 125 Å². The minimum atomic E-state index is -3.58. The Labute approximate surface area is 142 Å². The van der Waals surface area contributed by atoms with E-state index in [0.717, 1.165) is 4.88 Å². The highest BCUT2D eigenvalue weighted by Crippen LogP contribution is 2.25. The summed E-state index contributed by atoms with van der Waals surface area (Å²) in [6.45, 7) is 2.04. The van der Waals surface area contributed by atoms with E-state index in [1.165, 1.54) is 35.6 Å². The molecule has 0 atom stereocenters. The fraction of sp³-hybridized carbons (Fsp3) is 0.214. The number of anilines is 1. The van der Waals surface area contributed by atoms with Crippen LogP contribution in [0.4, 0.5) is 11.4 Å². The molecule has 0 bridgehead atoms. The quantitative estimate of drug-likeness (QED) is 0.440. The second-order valence-electron chi connectivity index (χ2n) is 4.79. The summed E-state index contributed by atoms with van der Waals surface area (Å²) in [6.07, 6.45) is 0. The summed E-state index contributed by atoms with van der Waals surface area (Å²) in [4.78, 5) is 11.3. The number of benzene rings is 1. The first-order valence-electron chi connectivity index (χ1n) is 6.82. The van der Waals surface area contributed by atoms with Crippen molar-refractivity contribution in [1.29, 1.82) is 5.26 Å². The van der Waals surface area contributed by atoms with E-state index in [-0.39, 0.29) is 34.2 Å². The van der Waals surface area contributed by atoms with Gasteiger partial charge in [-0.15, -0.1) is 11.3 Å². The summed E-state index contributed by atoms with van der Waals surface area (Å²) in [5, 5.41) is 22.6. The van der Waals surface area contributed by atoms with E-state index in [1.54, 1.807) is 6.07 Å². The molecule has 2 aromatic rings. The number of sulfonamides is 1. The molecule has 126 valence electrons. The normalized spacial score (nSPS) is 11.0. The van der Waals surface area contributed by atoms with Gasteiger partial charge in [-0.3, -0.25) is 10.1 Å². The lowest BCUT2D eigenvalue weighted by Crippen LogP contribution is -2.28. The van der Waals surface area contributed by atoms with Gasteiger partial charge in [0.2, 0.25) is 10.0 Å². The molecule has 0 aliphatic carbocycles. The van der Waals surface area contributed by atoms with Crippen LogP contribution in [0.2, 0.25) is 0 Å². The molecule has 24 heavy (non-hydrogen) atoms. The van der Waals surface area contributed by atoms with Gasteiger partial charge in [0.1, 0.15) is 9.90 Å². The van der Waals surface area contributed by atoms with Gasteiger partial charge in [-0.25, -0.2) is 13.1 Å². The molecule has 0 spiro atoms. The molecule has 1 aromatic heterocycles. The van der Waals surface area contributed by atoms with Crippen molar-refractivity contribution < 1.29 is 13.3 Å². The summed E-state index contributed by atoms with van der Waals surface area (Å²) in [6, 6.07) is 9.13. The first kappa shape index (κ1) is 17.9. The van der Waals surface area contributed by atoms with Crippen molar-refractivity contribution in [2.45, 2.75) is 11.1 Å². The predicted molar refractivity (Wildman–Crippen MR) is 90.5 cm³/mol. The van der Waals surface area contributed by atoms with Crippen LogP contribution < -0.4 is 10.0 Å². The fourth-order valence-electron chi connectivity index (χ4n) is 1.91. The number of hydrogen-bond acceptors (Lipinski definition) is 7. The Morgan fingerprint density at radius 2 is 2.04 bits per heavy atom. The molecule has 0 amide bonds. The average Bonchev–Trinajstić information content (AvgIpc) is 2.99. The maximum absolute atomic E-state index is 12.0. The van der Waals surface area contributed by atoms with Crippen LogP contribution in [0.1, 0.15) is 10.4 Å². The molecule has 1 aromatic carbocycles. The molecular weight excluding hydrogens is 352 g/mol. The number of aryl methyl sites for hydroxylation is 1. The van der Waals surface area contributed by atoms with E-state index in [0.29, 0.717) is 0 Å². The van der Waals surface area contributed by atoms with Crippen molar-refractivity contribution >= 4 is 32.7 Å². The van der Waals surface area contributed by atoms with Crippen LogP contribution in [0.5, 0.6) is 0 Å². The van der Waals surface area contributed by atoms with Crippen molar-refractivity contribution in [3.05, 3.63) is 50.9 Å². The molecule has 0 fully saturated rings. The van der Waals surface area contributed by atoms with E-state index in [9.17, 15) is 18.5 Å². The zero-order valence-corrected chi connectivity index (χ0v) is 14.3. The largest absolute Gasteiger partial charge is 0.378 e. The molecule has 0 saturated heterocycles. The van der Waals surface area contributed by atoms with Crippen LogP contribution in [0, 0.1) is 28.4 Å². The Kier molecular flexibility index (Phi) is 5.50. The zero-order chi connectivity index (χ0) is 17.7. The molecule has 0 saturated carbocycles. The van der Waals surface area contributed by atoms with Gasteiger partial charge in [0.15, 0.2) is 0 Å². The van der Waals surface area contributed by atoms with E-state index in [1.807, 2.05) is 13.0 Å². The Hall–Kier alpha value is -2.48. The monoisotopic (exact) mass is 366 g/mol. The number of nitrogens with zero attached hydrogens (tertiary/aromatic N) is 2. The lowest BCUT2D eigenvalue weighted by molar-refractivity contribution is -0.384. The summed E-state index contributed by atoms with van der Waals surface area (Å²) in [5.41, 5.74) is 0.178. The van der Waals surface area contributed by atoms with E-state index in [2.05, 4.69) is 10.0 Å². The maximum Gasteiger partial charge on any atom is 0.293 e. The Bertz CT molecular complexity index is 900. The summed E-state index contributed by atoms with van der Waals surface area (Å²) >= 11 is 1.17. The second-order valence-corrected chi connectivity index (χ2v) is 8.07. The van der Waals surface area contributed by atoms with Gasteiger partial charge in [0.25, 0.3) is 5.69 Å². The first-order valence-corrected chi connectivity index (χ1v) is 9.12. The van der Waals surface area contributed by atoms with Crippen LogP contribution >= 0.6 is 11.3 Å². The molecule has 8 nitrogen and oxygen atoms in total. The standard InChI is InChI=1S/C14H14N4O4S2/c1-10-2-5-14(23-10)24(21,22)17-7-6-16-12-4-3-11(9-15)8-13(12)18(19)20/h2-5,8,16-17H,6-7H2,1H3. The van der Waals surface area contributed by atoms with Gasteiger partial charge in [-0.05, 0) is 31.2 Å². The summed E-state index contributed by atoms with van der Waals surface area (Å²) < 4.78 is 26.7. The fourth-order valence-corrected chi connectivity index (χ4v) is 4.27. The van der Waals surface area contributed by atoms with Crippen LogP contribution in [-0.4, -0.2) is 26.4 Å². The van der Waals surface area contributed by atoms with Crippen molar-refractivity contribution in [2.75, 3.05) is 18.4 Å². The van der Waals surface area contributed by atoms with Gasteiger partial charge in [0, 0.05) is 24.0 Å². The predicted octanol–water partition coefficient (Wildman–Crippen LogP) is 2.23. The third-order valence-electron chi connectivity index (χ3n) is 3.04. The van der Waals surface area contributed by atoms with E-state index < -0.39 is 14.9 Å². The van der Waals surface area contributed by atoms with Crippen molar-refractivity contribution in [1.82, 2.24) is 4.72 Å². The second kappa shape index (κ2) is 7.39. The van der Waals surface area contributed by atoms with Gasteiger partial charge in [-0.1, -0.05) is 0 Å². The zero-order valence-electron chi connectivity index (χ0n) is 12.6. The number of nitro benzene ring substituents is 1. The van der Waals surface area contributed by atoms with Crippen molar-refractivity contribution in [3.8, 4) is 6.07 Å². The third kappa shape index (κ3) is 4.29. The molecule has 0 radical (unpaired) electrons. The molecule has 2 rings (SSSR count). The third-order valence-corrected chi connectivity index (χ3v) is 5.99. The number of nitrogens with one attached hydrogen (secondary N) is 2. The minimum Gasteiger partial charge on any atom is -0.378 e. The van der Waals surface area contributed by atoms with Crippen LogP contribution in [-0.2, 0) is 10.0 Å². The molecule has 1 heterocycles. The highest BCUT2D eigenvalue weighted by atomic mass is 32.2. The number of nitriles is 1. The van der Waals surface area contributed by atoms with E-state index >= 15 is 0 Å². The van der Waals surface area contributed by atoms with Gasteiger partial charge in [0.05, 0.1) is 16.6 Å². The van der Waals surface area contributed by atoms with Crippen LogP contribution in [0.25, 0.3) is 0 Å². The molecular formula is C14H14N4O4S2. The average molecular weight is 366 g/mol. The highest BCUT2D eigenvalue weighted by Gasteiger charge is 2.17. The molecule has 0 unspecified atom stereocenters. The number of nitro groups is 1. The molecule has 0 aliphatic rings. The minimum absolute atomic E-state index is 0.0659. The molecule has 10 heteroatoms. The van der Waals surface area contributed by atoms with Crippen molar-refractivity contribution in [2.24, 2.45) is 0 Å². The maximum atomic E-state index is 12.0. The van der Waals surface area contributed by atoms with Gasteiger partial charge < -0.3 is 5.32 Å². The Balaban J connectivity index is 1.98. The van der Waals surface area contributed by atoms with E-state index in [4.69, 9.17) is 5.26 Å². The molecule has 0 aliphatic heterocycles. The smallest absolute Gasteiger partial charge is 0.293 e. The van der Waals surface area contributed by atoms with Crippen LogP contribution in [0.15, 0.2) is 34.5 Å². The number of rotatable bonds is 7. The lowest BCUT2D eigenvalue weighted by Gasteiger charge is -2.08. The Morgan fingerprint density at radius 1 is 1.29 bits per heavy atom.